The Morgan fingerprint density at radius 1 is 0.308 bits per heavy atom. The van der Waals surface area contributed by atoms with Gasteiger partial charge in [0.05, 0.1) is 0 Å². The van der Waals surface area contributed by atoms with Crippen molar-refractivity contribution >= 4 is 17.9 Å². The van der Waals surface area contributed by atoms with Gasteiger partial charge in [0.25, 0.3) is 0 Å². The molecule has 0 aliphatic carbocycles. The highest BCUT2D eigenvalue weighted by Gasteiger charge is 2.19. The Bertz CT molecular complexity index is 1270. The molecule has 0 unspecified atom stereocenters. The number of unbranched alkanes of at least 4 members (excludes halogenated alkanes) is 23. The Morgan fingerprint density at radius 3 is 0.938 bits per heavy atom. The number of ether oxygens (including phenoxy) is 3. The minimum atomic E-state index is -0.808. The van der Waals surface area contributed by atoms with Crippen LogP contribution in [0.15, 0.2) is 85.1 Å². The summed E-state index contributed by atoms with van der Waals surface area (Å²) in [5, 5.41) is 0. The lowest BCUT2D eigenvalue weighted by Gasteiger charge is -2.18. The molecule has 0 saturated heterocycles. The van der Waals surface area contributed by atoms with Gasteiger partial charge in [0, 0.05) is 19.3 Å². The first-order valence-corrected chi connectivity index (χ1v) is 27.1. The Balaban J connectivity index is 4.49. The van der Waals surface area contributed by atoms with Gasteiger partial charge >= 0.3 is 17.9 Å². The normalized spacial score (nSPS) is 12.7. The number of carbonyl (C=O) groups is 3. The van der Waals surface area contributed by atoms with E-state index in [1.807, 2.05) is 0 Å². The first-order valence-electron chi connectivity index (χ1n) is 27.1. The van der Waals surface area contributed by atoms with Crippen LogP contribution in [0.25, 0.3) is 0 Å². The standard InChI is InChI=1S/C59H100O6/c1-4-7-10-13-16-19-22-25-28-29-32-34-37-40-43-46-49-52-58(61)64-55-56(65-59(62)53-50-47-44-41-38-35-31-27-24-21-18-15-12-9-6-3)54-63-57(60)51-48-45-42-39-36-33-30-26-23-20-17-14-11-8-5-2/h16,18-21,23,25,27-28,31-32,34,38,41,56H,4-15,17,22,24,26,29-30,33,35-37,39-40,42-55H2,1-3H3/b19-16-,21-18-,23-20-,28-25-,31-27-,34-32-,41-38-/t56-/m0/s1. The summed E-state index contributed by atoms with van der Waals surface area (Å²) in [6.07, 6.45) is 68.5. The lowest BCUT2D eigenvalue weighted by Crippen LogP contribution is -2.30. The van der Waals surface area contributed by atoms with Gasteiger partial charge in [-0.3, -0.25) is 14.4 Å². The summed E-state index contributed by atoms with van der Waals surface area (Å²) >= 11 is 0. The average molecular weight is 905 g/mol. The molecule has 0 bridgehead atoms. The highest BCUT2D eigenvalue weighted by molar-refractivity contribution is 5.71. The molecule has 0 aromatic carbocycles. The van der Waals surface area contributed by atoms with Crippen molar-refractivity contribution in [2.24, 2.45) is 0 Å². The van der Waals surface area contributed by atoms with Gasteiger partial charge in [-0.1, -0.05) is 196 Å². The molecule has 0 fully saturated rings. The first-order chi connectivity index (χ1) is 32.0. The fourth-order valence-corrected chi connectivity index (χ4v) is 7.21. The maximum Gasteiger partial charge on any atom is 0.306 e. The molecule has 6 nitrogen and oxygen atoms in total. The zero-order chi connectivity index (χ0) is 47.2. The molecule has 0 heterocycles. The molecular weight excluding hydrogens is 805 g/mol. The zero-order valence-electron chi connectivity index (χ0n) is 42.5. The van der Waals surface area contributed by atoms with Crippen LogP contribution < -0.4 is 0 Å². The van der Waals surface area contributed by atoms with Gasteiger partial charge in [0.2, 0.25) is 0 Å². The van der Waals surface area contributed by atoms with Gasteiger partial charge in [-0.05, 0) is 122 Å². The molecule has 0 aliphatic heterocycles. The second-order valence-corrected chi connectivity index (χ2v) is 17.8. The monoisotopic (exact) mass is 905 g/mol. The van der Waals surface area contributed by atoms with Gasteiger partial charge in [-0.25, -0.2) is 0 Å². The molecule has 0 aromatic rings. The van der Waals surface area contributed by atoms with E-state index < -0.39 is 6.10 Å². The maximum atomic E-state index is 12.8. The fourth-order valence-electron chi connectivity index (χ4n) is 7.21. The highest BCUT2D eigenvalue weighted by Crippen LogP contribution is 2.13. The predicted molar refractivity (Wildman–Crippen MR) is 279 cm³/mol. The average Bonchev–Trinajstić information content (AvgIpc) is 3.30. The minimum absolute atomic E-state index is 0.102. The predicted octanol–water partition coefficient (Wildman–Crippen LogP) is 18.0. The van der Waals surface area contributed by atoms with E-state index in [1.54, 1.807) is 0 Å². The molecule has 65 heavy (non-hydrogen) atoms. The van der Waals surface area contributed by atoms with Gasteiger partial charge in [-0.2, -0.15) is 0 Å². The summed E-state index contributed by atoms with van der Waals surface area (Å²) in [7, 11) is 0. The van der Waals surface area contributed by atoms with E-state index in [0.29, 0.717) is 19.3 Å². The molecule has 6 heteroatoms. The van der Waals surface area contributed by atoms with Crippen LogP contribution in [0.2, 0.25) is 0 Å². The van der Waals surface area contributed by atoms with Gasteiger partial charge in [0.15, 0.2) is 6.10 Å². The lowest BCUT2D eigenvalue weighted by molar-refractivity contribution is -0.167. The van der Waals surface area contributed by atoms with Crippen molar-refractivity contribution in [3.05, 3.63) is 85.1 Å². The minimum Gasteiger partial charge on any atom is -0.462 e. The molecule has 0 N–H and O–H groups in total. The van der Waals surface area contributed by atoms with E-state index in [2.05, 4.69) is 106 Å². The first kappa shape index (κ1) is 61.6. The van der Waals surface area contributed by atoms with E-state index in [4.69, 9.17) is 14.2 Å². The summed E-state index contributed by atoms with van der Waals surface area (Å²) in [6.45, 7) is 6.51. The quantitative estimate of drug-likeness (QED) is 0.0262. The van der Waals surface area contributed by atoms with Crippen molar-refractivity contribution in [1.82, 2.24) is 0 Å². The Kier molecular flexibility index (Phi) is 50.4. The Labute approximate surface area is 401 Å². The molecular formula is C59H100O6. The molecule has 0 spiro atoms. The molecule has 372 valence electrons. The Hall–Kier alpha value is -3.41. The van der Waals surface area contributed by atoms with Crippen LogP contribution in [0.5, 0.6) is 0 Å². The van der Waals surface area contributed by atoms with Crippen LogP contribution in [0.4, 0.5) is 0 Å². The second kappa shape index (κ2) is 53.2. The number of allylic oxidation sites excluding steroid dienone is 14. The summed E-state index contributed by atoms with van der Waals surface area (Å²) < 4.78 is 16.8. The largest absolute Gasteiger partial charge is 0.462 e. The van der Waals surface area contributed by atoms with Crippen LogP contribution in [-0.2, 0) is 28.6 Å². The molecule has 0 aromatic heterocycles. The summed E-state index contributed by atoms with van der Waals surface area (Å²) in [5.74, 6) is -0.966. The number of carbonyl (C=O) groups excluding carboxylic acids is 3. The number of hydrogen-bond acceptors (Lipinski definition) is 6. The van der Waals surface area contributed by atoms with Crippen LogP contribution in [0.1, 0.15) is 252 Å². The molecule has 0 aliphatic rings. The third-order valence-corrected chi connectivity index (χ3v) is 11.3. The van der Waals surface area contributed by atoms with Crippen molar-refractivity contribution in [2.45, 2.75) is 258 Å². The van der Waals surface area contributed by atoms with E-state index in [-0.39, 0.29) is 37.5 Å². The third kappa shape index (κ3) is 51.4. The summed E-state index contributed by atoms with van der Waals surface area (Å²) in [6, 6.07) is 0. The van der Waals surface area contributed by atoms with E-state index >= 15 is 0 Å². The van der Waals surface area contributed by atoms with Crippen molar-refractivity contribution in [2.75, 3.05) is 13.2 Å². The highest BCUT2D eigenvalue weighted by atomic mass is 16.6. The molecule has 0 amide bonds. The van der Waals surface area contributed by atoms with E-state index in [0.717, 1.165) is 89.9 Å². The smallest absolute Gasteiger partial charge is 0.306 e. The third-order valence-electron chi connectivity index (χ3n) is 11.3. The van der Waals surface area contributed by atoms with Crippen LogP contribution >= 0.6 is 0 Å². The van der Waals surface area contributed by atoms with Crippen LogP contribution in [0.3, 0.4) is 0 Å². The molecule has 0 rings (SSSR count). The zero-order valence-corrected chi connectivity index (χ0v) is 42.5. The summed E-state index contributed by atoms with van der Waals surface area (Å²) in [5.41, 5.74) is 0. The molecule has 0 radical (unpaired) electrons. The molecule has 0 saturated carbocycles. The van der Waals surface area contributed by atoms with Crippen molar-refractivity contribution in [3.63, 3.8) is 0 Å². The van der Waals surface area contributed by atoms with Crippen molar-refractivity contribution in [1.29, 1.82) is 0 Å². The van der Waals surface area contributed by atoms with Crippen LogP contribution in [-0.4, -0.2) is 37.2 Å². The van der Waals surface area contributed by atoms with Crippen LogP contribution in [0, 0.1) is 0 Å². The van der Waals surface area contributed by atoms with E-state index in [1.165, 1.54) is 116 Å². The lowest BCUT2D eigenvalue weighted by atomic mass is 10.1. The molecule has 1 atom stereocenters. The number of esters is 3. The number of hydrogen-bond donors (Lipinski definition) is 0. The van der Waals surface area contributed by atoms with Crippen molar-refractivity contribution < 1.29 is 28.6 Å². The second-order valence-electron chi connectivity index (χ2n) is 17.8. The van der Waals surface area contributed by atoms with Gasteiger partial charge in [-0.15, -0.1) is 0 Å². The van der Waals surface area contributed by atoms with Gasteiger partial charge < -0.3 is 14.2 Å². The summed E-state index contributed by atoms with van der Waals surface area (Å²) in [4.78, 5) is 38.0. The number of rotatable bonds is 48. The SMILES string of the molecule is CCCCC/C=C\C/C=C\C/C=C\CCCCCCC(=O)OC[C@H](COC(=O)CCCCCCCCC/C=C\CCCCCC)OC(=O)CCCC/C=C\C/C=C\C/C=C\CCCCC. The fraction of sp³-hybridized carbons (Fsp3) is 0.712. The maximum absolute atomic E-state index is 12.8. The van der Waals surface area contributed by atoms with Gasteiger partial charge in [0.1, 0.15) is 13.2 Å². The van der Waals surface area contributed by atoms with Crippen molar-refractivity contribution in [3.8, 4) is 0 Å². The topological polar surface area (TPSA) is 78.9 Å². The Morgan fingerprint density at radius 2 is 0.554 bits per heavy atom. The van der Waals surface area contributed by atoms with E-state index in [9.17, 15) is 14.4 Å².